The van der Waals surface area contributed by atoms with Crippen LogP contribution in [0, 0.1) is 0 Å². The standard InChI is InChI=1S/C17H24N2O3.ClH/c1-12(2)22-15-5-4-14(10-16(15)21-3)17(20)19-11-13-6-8-18-9-7-13;/h4-6,10,12,18H,7-9,11H2,1-3H3,(H,19,20);1H. The summed E-state index contributed by atoms with van der Waals surface area (Å²) < 4.78 is 11.0. The van der Waals surface area contributed by atoms with Crippen LogP contribution in [0.2, 0.25) is 0 Å². The first-order valence-corrected chi connectivity index (χ1v) is 7.61. The van der Waals surface area contributed by atoms with Crippen LogP contribution in [0.25, 0.3) is 0 Å². The zero-order valence-corrected chi connectivity index (χ0v) is 14.7. The van der Waals surface area contributed by atoms with E-state index in [9.17, 15) is 4.79 Å². The zero-order chi connectivity index (χ0) is 15.9. The molecule has 0 bridgehead atoms. The van der Waals surface area contributed by atoms with Gasteiger partial charge in [0.1, 0.15) is 0 Å². The Labute approximate surface area is 143 Å². The first kappa shape index (κ1) is 19.3. The average Bonchev–Trinajstić information content (AvgIpc) is 2.53. The molecule has 1 aliphatic heterocycles. The SMILES string of the molecule is COc1cc(C(=O)NCC2=CCNCC2)ccc1OC(C)C.Cl. The third kappa shape index (κ3) is 5.77. The van der Waals surface area contributed by atoms with Crippen LogP contribution in [0.3, 0.4) is 0 Å². The highest BCUT2D eigenvalue weighted by molar-refractivity contribution is 5.95. The molecule has 0 saturated heterocycles. The van der Waals surface area contributed by atoms with Gasteiger partial charge in [0.15, 0.2) is 11.5 Å². The van der Waals surface area contributed by atoms with Crippen molar-refractivity contribution in [2.45, 2.75) is 26.4 Å². The second-order valence-corrected chi connectivity index (χ2v) is 5.53. The first-order chi connectivity index (χ1) is 10.6. The molecule has 1 heterocycles. The quantitative estimate of drug-likeness (QED) is 0.781. The Morgan fingerprint density at radius 3 is 2.74 bits per heavy atom. The van der Waals surface area contributed by atoms with E-state index in [0.717, 1.165) is 19.5 Å². The minimum Gasteiger partial charge on any atom is -0.493 e. The van der Waals surface area contributed by atoms with E-state index in [1.807, 2.05) is 13.8 Å². The molecule has 2 rings (SSSR count). The highest BCUT2D eigenvalue weighted by Crippen LogP contribution is 2.28. The maximum atomic E-state index is 12.2. The number of methoxy groups -OCH3 is 1. The molecule has 2 N–H and O–H groups in total. The van der Waals surface area contributed by atoms with E-state index in [-0.39, 0.29) is 24.4 Å². The van der Waals surface area contributed by atoms with E-state index in [0.29, 0.717) is 23.6 Å². The van der Waals surface area contributed by atoms with Gasteiger partial charge in [0, 0.05) is 18.7 Å². The summed E-state index contributed by atoms with van der Waals surface area (Å²) in [5, 5.41) is 6.20. The summed E-state index contributed by atoms with van der Waals surface area (Å²) in [6.07, 6.45) is 3.16. The van der Waals surface area contributed by atoms with Crippen LogP contribution >= 0.6 is 12.4 Å². The molecule has 0 aromatic heterocycles. The molecule has 0 fully saturated rings. The van der Waals surface area contributed by atoms with Crippen molar-refractivity contribution in [1.29, 1.82) is 0 Å². The van der Waals surface area contributed by atoms with Gasteiger partial charge >= 0.3 is 0 Å². The number of ether oxygens (including phenoxy) is 2. The van der Waals surface area contributed by atoms with Gasteiger partial charge < -0.3 is 20.1 Å². The smallest absolute Gasteiger partial charge is 0.251 e. The summed E-state index contributed by atoms with van der Waals surface area (Å²) in [5.41, 5.74) is 1.83. The normalized spacial score (nSPS) is 13.8. The van der Waals surface area contributed by atoms with Crippen molar-refractivity contribution in [3.8, 4) is 11.5 Å². The maximum absolute atomic E-state index is 12.2. The molecule has 1 aromatic rings. The summed E-state index contributed by atoms with van der Waals surface area (Å²) >= 11 is 0. The number of nitrogens with one attached hydrogen (secondary N) is 2. The van der Waals surface area contributed by atoms with E-state index in [1.54, 1.807) is 25.3 Å². The van der Waals surface area contributed by atoms with Gasteiger partial charge in [0.25, 0.3) is 5.91 Å². The van der Waals surface area contributed by atoms with E-state index >= 15 is 0 Å². The average molecular weight is 341 g/mol. The number of benzene rings is 1. The van der Waals surface area contributed by atoms with Crippen LogP contribution in [0.5, 0.6) is 11.5 Å². The van der Waals surface area contributed by atoms with Gasteiger partial charge in [-0.25, -0.2) is 0 Å². The summed E-state index contributed by atoms with van der Waals surface area (Å²) in [6, 6.07) is 5.24. The molecular weight excluding hydrogens is 316 g/mol. The lowest BCUT2D eigenvalue weighted by Crippen LogP contribution is -2.29. The molecule has 5 nitrogen and oxygen atoms in total. The maximum Gasteiger partial charge on any atom is 0.251 e. The van der Waals surface area contributed by atoms with Crippen molar-refractivity contribution < 1.29 is 14.3 Å². The fourth-order valence-electron chi connectivity index (χ4n) is 2.29. The summed E-state index contributed by atoms with van der Waals surface area (Å²) in [7, 11) is 1.57. The lowest BCUT2D eigenvalue weighted by atomic mass is 10.1. The molecule has 0 aliphatic carbocycles. The number of rotatable bonds is 6. The monoisotopic (exact) mass is 340 g/mol. The molecule has 0 unspecified atom stereocenters. The van der Waals surface area contributed by atoms with Crippen LogP contribution in [0.15, 0.2) is 29.8 Å². The Kier molecular flexibility index (Phi) is 7.92. The first-order valence-electron chi connectivity index (χ1n) is 7.61. The Balaban J connectivity index is 0.00000264. The molecule has 0 atom stereocenters. The van der Waals surface area contributed by atoms with Gasteiger partial charge in [0.05, 0.1) is 13.2 Å². The number of carbonyl (C=O) groups excluding carboxylic acids is 1. The molecule has 23 heavy (non-hydrogen) atoms. The van der Waals surface area contributed by atoms with Crippen LogP contribution in [-0.2, 0) is 0 Å². The van der Waals surface area contributed by atoms with Gasteiger partial charge in [-0.1, -0.05) is 11.6 Å². The Hall–Kier alpha value is -1.72. The van der Waals surface area contributed by atoms with Crippen LogP contribution in [-0.4, -0.2) is 38.8 Å². The Bertz CT molecular complexity index is 559. The third-order valence-corrected chi connectivity index (χ3v) is 3.42. The number of hydrogen-bond acceptors (Lipinski definition) is 4. The molecule has 1 aliphatic rings. The zero-order valence-electron chi connectivity index (χ0n) is 13.8. The minimum atomic E-state index is -0.103. The van der Waals surface area contributed by atoms with Crippen molar-refractivity contribution in [2.24, 2.45) is 0 Å². The number of halogens is 1. The molecule has 6 heteroatoms. The van der Waals surface area contributed by atoms with Gasteiger partial charge in [-0.3, -0.25) is 4.79 Å². The minimum absolute atomic E-state index is 0. The molecule has 0 spiro atoms. The summed E-state index contributed by atoms with van der Waals surface area (Å²) in [4.78, 5) is 12.2. The van der Waals surface area contributed by atoms with Crippen molar-refractivity contribution in [3.63, 3.8) is 0 Å². The van der Waals surface area contributed by atoms with Gasteiger partial charge in [0.2, 0.25) is 0 Å². The molecule has 128 valence electrons. The highest BCUT2D eigenvalue weighted by Gasteiger charge is 2.12. The van der Waals surface area contributed by atoms with Crippen molar-refractivity contribution in [2.75, 3.05) is 26.7 Å². The Morgan fingerprint density at radius 1 is 1.35 bits per heavy atom. The van der Waals surface area contributed by atoms with E-state index in [4.69, 9.17) is 9.47 Å². The number of carbonyl (C=O) groups is 1. The third-order valence-electron chi connectivity index (χ3n) is 3.42. The van der Waals surface area contributed by atoms with E-state index in [1.165, 1.54) is 5.57 Å². The van der Waals surface area contributed by atoms with Gasteiger partial charge in [-0.05, 0) is 45.0 Å². The van der Waals surface area contributed by atoms with Crippen molar-refractivity contribution in [1.82, 2.24) is 10.6 Å². The van der Waals surface area contributed by atoms with Gasteiger partial charge in [-0.15, -0.1) is 12.4 Å². The second-order valence-electron chi connectivity index (χ2n) is 5.53. The topological polar surface area (TPSA) is 59.6 Å². The van der Waals surface area contributed by atoms with Crippen LogP contribution in [0.4, 0.5) is 0 Å². The molecule has 1 aromatic carbocycles. The molecule has 0 radical (unpaired) electrons. The molecule has 1 amide bonds. The largest absolute Gasteiger partial charge is 0.493 e. The summed E-state index contributed by atoms with van der Waals surface area (Å²) in [5.74, 6) is 1.12. The van der Waals surface area contributed by atoms with Gasteiger partial charge in [-0.2, -0.15) is 0 Å². The molecular formula is C17H25ClN2O3. The lowest BCUT2D eigenvalue weighted by molar-refractivity contribution is 0.0956. The number of amides is 1. The predicted octanol–water partition coefficient (Wildman–Crippen LogP) is 2.55. The second kappa shape index (κ2) is 9.43. The molecule has 0 saturated carbocycles. The summed E-state index contributed by atoms with van der Waals surface area (Å²) in [6.45, 7) is 6.34. The van der Waals surface area contributed by atoms with Crippen LogP contribution < -0.4 is 20.1 Å². The van der Waals surface area contributed by atoms with E-state index < -0.39 is 0 Å². The van der Waals surface area contributed by atoms with Crippen LogP contribution in [0.1, 0.15) is 30.6 Å². The fourth-order valence-corrected chi connectivity index (χ4v) is 2.29. The van der Waals surface area contributed by atoms with E-state index in [2.05, 4.69) is 16.7 Å². The Morgan fingerprint density at radius 2 is 2.13 bits per heavy atom. The number of hydrogen-bond donors (Lipinski definition) is 2. The lowest BCUT2D eigenvalue weighted by Gasteiger charge is -2.16. The predicted molar refractivity (Wildman–Crippen MR) is 93.9 cm³/mol. The fraction of sp³-hybridized carbons (Fsp3) is 0.471. The van der Waals surface area contributed by atoms with Crippen molar-refractivity contribution in [3.05, 3.63) is 35.4 Å². The highest BCUT2D eigenvalue weighted by atomic mass is 35.5. The van der Waals surface area contributed by atoms with Crippen molar-refractivity contribution >= 4 is 18.3 Å².